The Hall–Kier alpha value is -1.99. The zero-order chi connectivity index (χ0) is 21.2. The lowest BCUT2D eigenvalue weighted by Crippen LogP contribution is -2.32. The molecule has 0 fully saturated rings. The zero-order valence-corrected chi connectivity index (χ0v) is 18.4. The molecule has 0 atom stereocenters. The summed E-state index contributed by atoms with van der Waals surface area (Å²) >= 11 is 11.9. The van der Waals surface area contributed by atoms with E-state index in [0.29, 0.717) is 12.2 Å². The van der Waals surface area contributed by atoms with Crippen LogP contribution < -0.4 is 0 Å². The van der Waals surface area contributed by atoms with Crippen molar-refractivity contribution < 1.29 is 17.9 Å². The van der Waals surface area contributed by atoms with Gasteiger partial charge in [0.05, 0.1) is 17.8 Å². The molecule has 0 saturated heterocycles. The van der Waals surface area contributed by atoms with Gasteiger partial charge in [-0.3, -0.25) is 0 Å². The van der Waals surface area contributed by atoms with Crippen LogP contribution in [-0.2, 0) is 23.0 Å². The maximum absolute atomic E-state index is 13.3. The quantitative estimate of drug-likeness (QED) is 0.523. The van der Waals surface area contributed by atoms with Crippen LogP contribution in [0.15, 0.2) is 58.0 Å². The maximum atomic E-state index is 13.3. The Kier molecular flexibility index (Phi) is 6.58. The number of aromatic hydroxyl groups is 1. The first-order valence-corrected chi connectivity index (χ1v) is 11.1. The van der Waals surface area contributed by atoms with Crippen LogP contribution in [0.3, 0.4) is 0 Å². The number of hydrogen-bond donors (Lipinski definition) is 1. The van der Waals surface area contributed by atoms with Gasteiger partial charge < -0.3 is 9.52 Å². The highest BCUT2D eigenvalue weighted by Crippen LogP contribution is 2.36. The van der Waals surface area contributed by atoms with Gasteiger partial charge >= 0.3 is 0 Å². The predicted octanol–water partition coefficient (Wildman–Crippen LogP) is 5.34. The normalized spacial score (nSPS) is 11.9. The highest BCUT2D eigenvalue weighted by Gasteiger charge is 2.29. The molecule has 1 N–H and O–H groups in total. The summed E-state index contributed by atoms with van der Waals surface area (Å²) < 4.78 is 33.3. The molecule has 0 spiro atoms. The molecular formula is C21H21Cl2NO4S. The van der Waals surface area contributed by atoms with Crippen molar-refractivity contribution in [2.24, 2.45) is 0 Å². The van der Waals surface area contributed by atoms with Crippen molar-refractivity contribution in [3.63, 3.8) is 0 Å². The Morgan fingerprint density at radius 1 is 1.07 bits per heavy atom. The van der Waals surface area contributed by atoms with E-state index >= 15 is 0 Å². The minimum absolute atomic E-state index is 0.0176. The summed E-state index contributed by atoms with van der Waals surface area (Å²) in [6, 6.07) is 11.9. The standard InChI is InChI=1S/C21H21Cl2NO4S/c1-14-5-6-16(10-15(14)2)7-8-24(13-18-4-3-9-28-18)29(26,27)20-12-17(22)11-19(23)21(20)25/h3-6,9-12,25H,7-8,13H2,1-2H3. The minimum atomic E-state index is -4.09. The summed E-state index contributed by atoms with van der Waals surface area (Å²) in [5, 5.41) is 10.3. The molecule has 3 rings (SSSR count). The van der Waals surface area contributed by atoms with E-state index in [2.05, 4.69) is 0 Å². The fraction of sp³-hybridized carbons (Fsp3) is 0.238. The first kappa shape index (κ1) is 21.7. The number of benzene rings is 2. The summed E-state index contributed by atoms with van der Waals surface area (Å²) in [5.74, 6) is -0.0343. The van der Waals surface area contributed by atoms with Crippen LogP contribution in [0.5, 0.6) is 5.75 Å². The summed E-state index contributed by atoms with van der Waals surface area (Å²) in [5.41, 5.74) is 3.33. The Bertz CT molecular complexity index is 1110. The zero-order valence-electron chi connectivity index (χ0n) is 16.0. The highest BCUT2D eigenvalue weighted by molar-refractivity contribution is 7.89. The van der Waals surface area contributed by atoms with E-state index < -0.39 is 15.8 Å². The molecule has 3 aromatic rings. The molecule has 154 valence electrons. The number of phenols is 1. The lowest BCUT2D eigenvalue weighted by atomic mass is 10.0. The Labute approximate surface area is 180 Å². The van der Waals surface area contributed by atoms with Crippen LogP contribution in [0.1, 0.15) is 22.5 Å². The maximum Gasteiger partial charge on any atom is 0.247 e. The van der Waals surface area contributed by atoms with Crippen LogP contribution in [-0.4, -0.2) is 24.4 Å². The molecule has 0 amide bonds. The van der Waals surface area contributed by atoms with Crippen LogP contribution in [0.4, 0.5) is 0 Å². The van der Waals surface area contributed by atoms with E-state index in [4.69, 9.17) is 27.6 Å². The van der Waals surface area contributed by atoms with E-state index in [1.165, 1.54) is 28.3 Å². The number of aryl methyl sites for hydroxylation is 2. The van der Waals surface area contributed by atoms with Crippen molar-refractivity contribution >= 4 is 33.2 Å². The lowest BCUT2D eigenvalue weighted by Gasteiger charge is -2.22. The Balaban J connectivity index is 1.95. The van der Waals surface area contributed by atoms with Crippen molar-refractivity contribution in [3.8, 4) is 5.75 Å². The van der Waals surface area contributed by atoms with E-state index in [-0.39, 0.29) is 28.0 Å². The molecular weight excluding hydrogens is 433 g/mol. The third-order valence-corrected chi connectivity index (χ3v) is 7.11. The number of halogens is 2. The number of nitrogens with zero attached hydrogens (tertiary/aromatic N) is 1. The SMILES string of the molecule is Cc1ccc(CCN(Cc2ccco2)S(=O)(=O)c2cc(Cl)cc(Cl)c2O)cc1C. The Morgan fingerprint density at radius 3 is 2.48 bits per heavy atom. The van der Waals surface area contributed by atoms with E-state index in [1.54, 1.807) is 12.1 Å². The number of phenolic OH excluding ortho intramolecular Hbond substituents is 1. The second-order valence-corrected chi connectivity index (χ2v) is 9.57. The van der Waals surface area contributed by atoms with Gasteiger partial charge in [0.1, 0.15) is 10.7 Å². The second kappa shape index (κ2) is 8.79. The third kappa shape index (κ3) is 4.95. The van der Waals surface area contributed by atoms with Gasteiger partial charge in [-0.15, -0.1) is 0 Å². The minimum Gasteiger partial charge on any atom is -0.505 e. The van der Waals surface area contributed by atoms with Crippen LogP contribution in [0, 0.1) is 13.8 Å². The first-order valence-electron chi connectivity index (χ1n) is 8.95. The van der Waals surface area contributed by atoms with Gasteiger partial charge in [0, 0.05) is 11.6 Å². The van der Waals surface area contributed by atoms with E-state index in [9.17, 15) is 13.5 Å². The molecule has 0 aliphatic carbocycles. The van der Waals surface area contributed by atoms with Gasteiger partial charge in [-0.1, -0.05) is 41.4 Å². The van der Waals surface area contributed by atoms with Crippen molar-refractivity contribution in [2.75, 3.05) is 6.54 Å². The number of furan rings is 1. The van der Waals surface area contributed by atoms with Crippen LogP contribution in [0.2, 0.25) is 10.0 Å². The number of hydrogen-bond acceptors (Lipinski definition) is 4. The molecule has 0 unspecified atom stereocenters. The summed E-state index contributed by atoms with van der Waals surface area (Å²) in [6.07, 6.45) is 1.98. The lowest BCUT2D eigenvalue weighted by molar-refractivity contribution is 0.363. The third-order valence-electron chi connectivity index (χ3n) is 4.74. The molecule has 0 radical (unpaired) electrons. The number of rotatable bonds is 7. The summed E-state index contributed by atoms with van der Waals surface area (Å²) in [6.45, 7) is 4.25. The predicted molar refractivity (Wildman–Crippen MR) is 114 cm³/mol. The first-order chi connectivity index (χ1) is 13.7. The molecule has 1 heterocycles. The molecule has 5 nitrogen and oxygen atoms in total. The van der Waals surface area contributed by atoms with Crippen molar-refractivity contribution in [1.29, 1.82) is 0 Å². The smallest absolute Gasteiger partial charge is 0.247 e. The molecule has 0 aliphatic heterocycles. The van der Waals surface area contributed by atoms with Crippen LogP contribution in [0.25, 0.3) is 0 Å². The fourth-order valence-electron chi connectivity index (χ4n) is 2.95. The van der Waals surface area contributed by atoms with E-state index in [0.717, 1.165) is 11.1 Å². The molecule has 1 aromatic heterocycles. The van der Waals surface area contributed by atoms with Gasteiger partial charge in [-0.25, -0.2) is 8.42 Å². The molecule has 0 aliphatic rings. The molecule has 29 heavy (non-hydrogen) atoms. The monoisotopic (exact) mass is 453 g/mol. The summed E-state index contributed by atoms with van der Waals surface area (Å²) in [4.78, 5) is -0.332. The van der Waals surface area contributed by atoms with Crippen molar-refractivity contribution in [3.05, 3.63) is 81.2 Å². The second-order valence-electron chi connectivity index (χ2n) is 6.82. The van der Waals surface area contributed by atoms with Crippen molar-refractivity contribution in [1.82, 2.24) is 4.31 Å². The Morgan fingerprint density at radius 2 is 1.83 bits per heavy atom. The van der Waals surface area contributed by atoms with Gasteiger partial charge in [0.2, 0.25) is 10.0 Å². The molecule has 0 bridgehead atoms. The fourth-order valence-corrected chi connectivity index (χ4v) is 5.10. The molecule has 0 saturated carbocycles. The average Bonchev–Trinajstić information content (AvgIpc) is 3.17. The largest absolute Gasteiger partial charge is 0.505 e. The van der Waals surface area contributed by atoms with Gasteiger partial charge in [-0.05, 0) is 61.2 Å². The molecule has 8 heteroatoms. The highest BCUT2D eigenvalue weighted by atomic mass is 35.5. The average molecular weight is 454 g/mol. The van der Waals surface area contributed by atoms with Gasteiger partial charge in [0.15, 0.2) is 5.75 Å². The van der Waals surface area contributed by atoms with Gasteiger partial charge in [0.25, 0.3) is 0 Å². The number of sulfonamides is 1. The van der Waals surface area contributed by atoms with E-state index in [1.807, 2.05) is 32.0 Å². The van der Waals surface area contributed by atoms with Crippen LogP contribution >= 0.6 is 23.2 Å². The summed E-state index contributed by atoms with van der Waals surface area (Å²) in [7, 11) is -4.09. The topological polar surface area (TPSA) is 70.8 Å². The van der Waals surface area contributed by atoms with Gasteiger partial charge in [-0.2, -0.15) is 4.31 Å². The van der Waals surface area contributed by atoms with Crippen molar-refractivity contribution in [2.45, 2.75) is 31.7 Å². The molecule has 2 aromatic carbocycles.